The molecule has 286 valence electrons. The maximum absolute atomic E-state index is 2.51. The van der Waals surface area contributed by atoms with E-state index in [0.717, 1.165) is 5.69 Å². The minimum atomic E-state index is 1.14. The summed E-state index contributed by atoms with van der Waals surface area (Å²) in [4.78, 5) is 0. The fourth-order valence-corrected chi connectivity index (χ4v) is 11.1. The topological polar surface area (TPSA) is 9.86 Å². The molecule has 11 aromatic carbocycles. The molecule has 0 bridgehead atoms. The summed E-state index contributed by atoms with van der Waals surface area (Å²) < 4.78 is 4.95. The van der Waals surface area contributed by atoms with Gasteiger partial charge in [0.2, 0.25) is 0 Å². The minimum absolute atomic E-state index is 1.14. The van der Waals surface area contributed by atoms with E-state index in [2.05, 4.69) is 228 Å². The average Bonchev–Trinajstić information content (AvgIpc) is 3.86. The second kappa shape index (κ2) is 12.7. The summed E-state index contributed by atoms with van der Waals surface area (Å²) >= 11 is 0. The van der Waals surface area contributed by atoms with Gasteiger partial charge in [0.05, 0.1) is 27.8 Å². The predicted octanol–water partition coefficient (Wildman–Crippen LogP) is 16.3. The van der Waals surface area contributed by atoms with Gasteiger partial charge >= 0.3 is 0 Å². The molecule has 14 rings (SSSR count). The second-order valence-corrected chi connectivity index (χ2v) is 16.7. The van der Waals surface area contributed by atoms with Crippen molar-refractivity contribution in [2.45, 2.75) is 0 Å². The summed E-state index contributed by atoms with van der Waals surface area (Å²) in [7, 11) is 0. The Morgan fingerprint density at radius 3 is 1.11 bits per heavy atom. The SMILES string of the molecule is c1ccc2c(c1)-c1cc(-n3c4ccccc4c4ccccc43)ccc1-c1cc3c4ccccc4c4ccccc4c3cc1-c1cccc(-n3c4ccccc4c4ccccc43)c1-2. The van der Waals surface area contributed by atoms with Crippen molar-refractivity contribution in [3.8, 4) is 55.9 Å². The van der Waals surface area contributed by atoms with Crippen molar-refractivity contribution in [3.05, 3.63) is 218 Å². The van der Waals surface area contributed by atoms with Crippen LogP contribution in [0.4, 0.5) is 0 Å². The normalized spacial score (nSPS) is 12.2. The van der Waals surface area contributed by atoms with Gasteiger partial charge in [0.15, 0.2) is 0 Å². The van der Waals surface area contributed by atoms with Crippen LogP contribution in [-0.2, 0) is 0 Å². The van der Waals surface area contributed by atoms with E-state index < -0.39 is 0 Å². The maximum Gasteiger partial charge on any atom is 0.0547 e. The number of fused-ring (bicyclic) bond motifs is 20. The molecule has 2 nitrogen and oxygen atoms in total. The van der Waals surface area contributed by atoms with Gasteiger partial charge in [0, 0.05) is 32.8 Å². The highest BCUT2D eigenvalue weighted by atomic mass is 15.0. The molecule has 0 atom stereocenters. The van der Waals surface area contributed by atoms with Gasteiger partial charge < -0.3 is 9.13 Å². The van der Waals surface area contributed by atoms with Gasteiger partial charge in [-0.05, 0) is 126 Å². The summed E-state index contributed by atoms with van der Waals surface area (Å²) in [6.07, 6.45) is 0. The first-order valence-electron chi connectivity index (χ1n) is 21.5. The van der Waals surface area contributed by atoms with Gasteiger partial charge in [0.1, 0.15) is 0 Å². The van der Waals surface area contributed by atoms with Gasteiger partial charge in [-0.1, -0.05) is 164 Å². The molecule has 13 aromatic rings. The van der Waals surface area contributed by atoms with E-state index >= 15 is 0 Å². The molecule has 0 radical (unpaired) electrons. The Bertz CT molecular complexity index is 3940. The Morgan fingerprint density at radius 2 is 0.581 bits per heavy atom. The highest BCUT2D eigenvalue weighted by molar-refractivity contribution is 6.27. The van der Waals surface area contributed by atoms with E-state index in [0.29, 0.717) is 0 Å². The molecule has 0 N–H and O–H groups in total. The molecule has 0 spiro atoms. The summed E-state index contributed by atoms with van der Waals surface area (Å²) in [5.41, 5.74) is 16.9. The lowest BCUT2D eigenvalue weighted by atomic mass is 9.78. The van der Waals surface area contributed by atoms with E-state index in [4.69, 9.17) is 0 Å². The fourth-order valence-electron chi connectivity index (χ4n) is 11.1. The molecule has 2 heterocycles. The molecule has 0 aliphatic heterocycles. The lowest BCUT2D eigenvalue weighted by Crippen LogP contribution is -2.04. The lowest BCUT2D eigenvalue weighted by Gasteiger charge is -2.27. The van der Waals surface area contributed by atoms with Crippen molar-refractivity contribution in [3.63, 3.8) is 0 Å². The molecule has 2 heteroatoms. The Morgan fingerprint density at radius 1 is 0.210 bits per heavy atom. The van der Waals surface area contributed by atoms with E-state index in [-0.39, 0.29) is 0 Å². The van der Waals surface area contributed by atoms with Gasteiger partial charge in [-0.2, -0.15) is 0 Å². The number of hydrogen-bond acceptors (Lipinski definition) is 0. The first-order chi connectivity index (χ1) is 30.8. The van der Waals surface area contributed by atoms with Gasteiger partial charge in [0.25, 0.3) is 0 Å². The molecular formula is C60H36N2. The number of hydrogen-bond donors (Lipinski definition) is 0. The molecule has 0 amide bonds. The van der Waals surface area contributed by atoms with Crippen LogP contribution in [-0.4, -0.2) is 9.13 Å². The van der Waals surface area contributed by atoms with E-state index in [1.54, 1.807) is 0 Å². The van der Waals surface area contributed by atoms with Crippen LogP contribution in [0.15, 0.2) is 218 Å². The third-order valence-corrected chi connectivity index (χ3v) is 13.7. The second-order valence-electron chi connectivity index (χ2n) is 16.7. The molecule has 0 unspecified atom stereocenters. The summed E-state index contributed by atoms with van der Waals surface area (Å²) in [5, 5.41) is 12.7. The van der Waals surface area contributed by atoms with Crippen LogP contribution in [0.5, 0.6) is 0 Å². The smallest absolute Gasteiger partial charge is 0.0547 e. The number of rotatable bonds is 2. The zero-order valence-electron chi connectivity index (χ0n) is 33.7. The molecule has 1 aliphatic rings. The molecule has 0 fully saturated rings. The Balaban J connectivity index is 1.17. The van der Waals surface area contributed by atoms with Crippen LogP contribution < -0.4 is 0 Å². The van der Waals surface area contributed by atoms with Crippen molar-refractivity contribution in [1.29, 1.82) is 0 Å². The van der Waals surface area contributed by atoms with Crippen molar-refractivity contribution in [2.75, 3.05) is 0 Å². The van der Waals surface area contributed by atoms with Crippen LogP contribution in [0.2, 0.25) is 0 Å². The Hall–Kier alpha value is -8.20. The summed E-state index contributed by atoms with van der Waals surface area (Å²) in [6, 6.07) is 81.5. The van der Waals surface area contributed by atoms with E-state index in [9.17, 15) is 0 Å². The molecule has 0 saturated carbocycles. The Labute approximate surface area is 357 Å². The standard InChI is InChI=1S/C60H36N2/c1-3-18-40-38(16-1)39-17-2-4-19-41(39)52-36-54-49-26-15-31-59(62-57-29-13-9-23-46(57)47-24-10-14-30-58(47)62)60(49)48-25-6-5-20-42(48)50-34-37(32-33-43(50)53(54)35-51(40)52)61-55-27-11-7-21-44(55)45-22-8-12-28-56(45)61/h1-36H. The van der Waals surface area contributed by atoms with Gasteiger partial charge in [-0.15, -0.1) is 0 Å². The van der Waals surface area contributed by atoms with E-state index in [1.165, 1.54) is 126 Å². The van der Waals surface area contributed by atoms with Crippen molar-refractivity contribution in [1.82, 2.24) is 9.13 Å². The first kappa shape index (κ1) is 33.6. The minimum Gasteiger partial charge on any atom is -0.309 e. The molecule has 62 heavy (non-hydrogen) atoms. The van der Waals surface area contributed by atoms with Crippen LogP contribution in [0.1, 0.15) is 0 Å². The number of nitrogens with zero attached hydrogens (tertiary/aromatic N) is 2. The van der Waals surface area contributed by atoms with Crippen LogP contribution >= 0.6 is 0 Å². The third-order valence-electron chi connectivity index (χ3n) is 13.7. The third kappa shape index (κ3) is 4.53. The van der Waals surface area contributed by atoms with Gasteiger partial charge in [-0.3, -0.25) is 0 Å². The van der Waals surface area contributed by atoms with Crippen molar-refractivity contribution >= 4 is 75.9 Å². The van der Waals surface area contributed by atoms with Crippen LogP contribution in [0, 0.1) is 0 Å². The van der Waals surface area contributed by atoms with Crippen molar-refractivity contribution < 1.29 is 0 Å². The largest absolute Gasteiger partial charge is 0.309 e. The van der Waals surface area contributed by atoms with Crippen molar-refractivity contribution in [2.24, 2.45) is 0 Å². The molecule has 2 aromatic heterocycles. The zero-order valence-corrected chi connectivity index (χ0v) is 33.7. The van der Waals surface area contributed by atoms with E-state index in [1.807, 2.05) is 0 Å². The fraction of sp³-hybridized carbons (Fsp3) is 0. The van der Waals surface area contributed by atoms with Gasteiger partial charge in [-0.25, -0.2) is 0 Å². The van der Waals surface area contributed by atoms with Crippen LogP contribution in [0.25, 0.3) is 132 Å². The average molecular weight is 785 g/mol. The molecular weight excluding hydrogens is 749 g/mol. The zero-order chi connectivity index (χ0) is 40.5. The lowest BCUT2D eigenvalue weighted by molar-refractivity contribution is 1.18. The number of benzene rings is 11. The highest BCUT2D eigenvalue weighted by Gasteiger charge is 2.27. The summed E-state index contributed by atoms with van der Waals surface area (Å²) in [5.74, 6) is 0. The Kier molecular flexibility index (Phi) is 6.86. The molecule has 1 aliphatic carbocycles. The maximum atomic E-state index is 2.51. The monoisotopic (exact) mass is 784 g/mol. The highest BCUT2D eigenvalue weighted by Crippen LogP contribution is 2.53. The first-order valence-corrected chi connectivity index (χ1v) is 21.5. The summed E-state index contributed by atoms with van der Waals surface area (Å²) in [6.45, 7) is 0. The predicted molar refractivity (Wildman–Crippen MR) is 263 cm³/mol. The molecule has 0 saturated heterocycles. The number of para-hydroxylation sites is 4. The van der Waals surface area contributed by atoms with Crippen LogP contribution in [0.3, 0.4) is 0 Å². The number of aromatic nitrogens is 2. The quantitative estimate of drug-likeness (QED) is 0.155.